The van der Waals surface area contributed by atoms with Crippen molar-refractivity contribution >= 4 is 5.97 Å². The zero-order valence-electron chi connectivity index (χ0n) is 13.5. The summed E-state index contributed by atoms with van der Waals surface area (Å²) in [6, 6.07) is 6.37. The molecule has 0 amide bonds. The van der Waals surface area contributed by atoms with Gasteiger partial charge in [-0.2, -0.15) is 0 Å². The molecule has 2 aromatic rings. The van der Waals surface area contributed by atoms with E-state index in [9.17, 15) is 26.7 Å². The van der Waals surface area contributed by atoms with Crippen molar-refractivity contribution in [2.75, 3.05) is 0 Å². The Morgan fingerprint density at radius 2 is 1.40 bits per heavy atom. The van der Waals surface area contributed by atoms with Crippen molar-refractivity contribution in [1.82, 2.24) is 0 Å². The largest absolute Gasteiger partial charge is 0.457 e. The van der Waals surface area contributed by atoms with E-state index in [0.29, 0.717) is 5.92 Å². The number of halogens is 5. The molecule has 7 heteroatoms. The molecule has 0 N–H and O–H groups in total. The summed E-state index contributed by atoms with van der Waals surface area (Å²) in [5, 5.41) is 0. The molecular formula is C18H15F5O2. The van der Waals surface area contributed by atoms with Crippen LogP contribution in [0.25, 0.3) is 0 Å². The molecule has 0 saturated heterocycles. The summed E-state index contributed by atoms with van der Waals surface area (Å²) < 4.78 is 70.9. The molecule has 2 nitrogen and oxygen atoms in total. The van der Waals surface area contributed by atoms with E-state index in [4.69, 9.17) is 0 Å². The number of hydrogen-bond donors (Lipinski definition) is 0. The highest BCUT2D eigenvalue weighted by atomic mass is 19.2. The van der Waals surface area contributed by atoms with Crippen molar-refractivity contribution in [3.8, 4) is 0 Å². The summed E-state index contributed by atoms with van der Waals surface area (Å²) in [7, 11) is 0. The molecule has 0 radical (unpaired) electrons. The molecule has 134 valence electrons. The van der Waals surface area contributed by atoms with Crippen LogP contribution in [0.1, 0.15) is 47.7 Å². The van der Waals surface area contributed by atoms with Crippen LogP contribution < -0.4 is 0 Å². The number of rotatable bonds is 5. The monoisotopic (exact) mass is 358 g/mol. The highest BCUT2D eigenvalue weighted by molar-refractivity contribution is 5.89. The number of esters is 1. The van der Waals surface area contributed by atoms with Crippen LogP contribution in [0, 0.1) is 29.1 Å². The molecule has 0 fully saturated rings. The molecule has 0 heterocycles. The van der Waals surface area contributed by atoms with Crippen LogP contribution in [0.3, 0.4) is 0 Å². The lowest BCUT2D eigenvalue weighted by Crippen LogP contribution is -2.12. The molecule has 0 spiro atoms. The molecule has 1 unspecified atom stereocenters. The van der Waals surface area contributed by atoms with Crippen molar-refractivity contribution < 1.29 is 31.5 Å². The molecule has 2 rings (SSSR count). The lowest BCUT2D eigenvalue weighted by Gasteiger charge is -2.11. The Balaban J connectivity index is 2.15. The second-order valence-corrected chi connectivity index (χ2v) is 5.56. The SMILES string of the molecule is CCC(C)c1ccc(C(=O)OCc2c(F)c(F)c(F)c(F)c2F)cc1. The topological polar surface area (TPSA) is 26.3 Å². The first kappa shape index (κ1) is 18.9. The Kier molecular flexibility index (Phi) is 5.77. The average molecular weight is 358 g/mol. The van der Waals surface area contributed by atoms with Crippen molar-refractivity contribution in [3.63, 3.8) is 0 Å². The van der Waals surface area contributed by atoms with Gasteiger partial charge in [0.2, 0.25) is 5.82 Å². The van der Waals surface area contributed by atoms with Crippen LogP contribution in [0.5, 0.6) is 0 Å². The highest BCUT2D eigenvalue weighted by Crippen LogP contribution is 2.24. The fourth-order valence-corrected chi connectivity index (χ4v) is 2.18. The molecule has 25 heavy (non-hydrogen) atoms. The minimum Gasteiger partial charge on any atom is -0.457 e. The van der Waals surface area contributed by atoms with Crippen molar-refractivity contribution in [1.29, 1.82) is 0 Å². The van der Waals surface area contributed by atoms with E-state index in [0.717, 1.165) is 12.0 Å². The Hall–Kier alpha value is -2.44. The molecule has 0 aliphatic heterocycles. The molecule has 0 bridgehead atoms. The van der Waals surface area contributed by atoms with Crippen molar-refractivity contribution in [2.24, 2.45) is 0 Å². The summed E-state index contributed by atoms with van der Waals surface area (Å²) >= 11 is 0. The van der Waals surface area contributed by atoms with Crippen LogP contribution in [-0.4, -0.2) is 5.97 Å². The fourth-order valence-electron chi connectivity index (χ4n) is 2.18. The maximum Gasteiger partial charge on any atom is 0.338 e. The van der Waals surface area contributed by atoms with Gasteiger partial charge >= 0.3 is 5.97 Å². The first-order valence-electron chi connectivity index (χ1n) is 7.55. The van der Waals surface area contributed by atoms with Gasteiger partial charge in [0.05, 0.1) is 11.1 Å². The van der Waals surface area contributed by atoms with Gasteiger partial charge in [-0.25, -0.2) is 26.7 Å². The first-order chi connectivity index (χ1) is 11.8. The number of benzene rings is 2. The number of ether oxygens (including phenoxy) is 1. The molecule has 0 aliphatic rings. The van der Waals surface area contributed by atoms with E-state index in [1.54, 1.807) is 12.1 Å². The molecule has 0 aliphatic carbocycles. The van der Waals surface area contributed by atoms with Crippen LogP contribution in [0.4, 0.5) is 22.0 Å². The average Bonchev–Trinajstić information content (AvgIpc) is 2.64. The van der Waals surface area contributed by atoms with E-state index in [2.05, 4.69) is 4.74 Å². The smallest absolute Gasteiger partial charge is 0.338 e. The second kappa shape index (κ2) is 7.63. The van der Waals surface area contributed by atoms with Crippen LogP contribution in [0.15, 0.2) is 24.3 Å². The van der Waals surface area contributed by atoms with E-state index in [-0.39, 0.29) is 5.56 Å². The lowest BCUT2D eigenvalue weighted by atomic mass is 9.98. The third kappa shape index (κ3) is 3.81. The van der Waals surface area contributed by atoms with Crippen LogP contribution in [-0.2, 0) is 11.3 Å². The van der Waals surface area contributed by atoms with Gasteiger partial charge in [0.15, 0.2) is 23.3 Å². The zero-order valence-corrected chi connectivity index (χ0v) is 13.5. The lowest BCUT2D eigenvalue weighted by molar-refractivity contribution is 0.0462. The highest BCUT2D eigenvalue weighted by Gasteiger charge is 2.26. The van der Waals surface area contributed by atoms with Crippen LogP contribution in [0.2, 0.25) is 0 Å². The van der Waals surface area contributed by atoms with Gasteiger partial charge < -0.3 is 4.74 Å². The Morgan fingerprint density at radius 1 is 0.920 bits per heavy atom. The standard InChI is InChI=1S/C18H15F5O2/c1-3-9(2)10-4-6-11(7-5-10)18(24)25-8-12-13(19)15(21)17(23)16(22)14(12)20/h4-7,9H,3,8H2,1-2H3. The zero-order chi connectivity index (χ0) is 18.7. The first-order valence-corrected chi connectivity index (χ1v) is 7.55. The van der Waals surface area contributed by atoms with Gasteiger partial charge in [0, 0.05) is 0 Å². The van der Waals surface area contributed by atoms with Gasteiger partial charge in [-0.3, -0.25) is 0 Å². The predicted molar refractivity (Wildman–Crippen MR) is 80.5 cm³/mol. The fraction of sp³-hybridized carbons (Fsp3) is 0.278. The van der Waals surface area contributed by atoms with E-state index >= 15 is 0 Å². The predicted octanol–water partition coefficient (Wildman–Crippen LogP) is 5.25. The number of hydrogen-bond acceptors (Lipinski definition) is 2. The molecule has 0 saturated carbocycles. The van der Waals surface area contributed by atoms with E-state index in [1.807, 2.05) is 13.8 Å². The van der Waals surface area contributed by atoms with Gasteiger partial charge in [-0.05, 0) is 30.0 Å². The van der Waals surface area contributed by atoms with Crippen molar-refractivity contribution in [2.45, 2.75) is 32.8 Å². The van der Waals surface area contributed by atoms with Gasteiger partial charge in [0.25, 0.3) is 0 Å². The third-order valence-electron chi connectivity index (χ3n) is 3.98. The molecule has 1 atom stereocenters. The summed E-state index contributed by atoms with van der Waals surface area (Å²) in [4.78, 5) is 11.9. The van der Waals surface area contributed by atoms with Gasteiger partial charge in [-0.15, -0.1) is 0 Å². The molecular weight excluding hydrogens is 343 g/mol. The summed E-state index contributed by atoms with van der Waals surface area (Å²) in [6.07, 6.45) is 0.907. The molecule has 0 aromatic heterocycles. The second-order valence-electron chi connectivity index (χ2n) is 5.56. The van der Waals surface area contributed by atoms with Gasteiger partial charge in [-0.1, -0.05) is 26.0 Å². The minimum absolute atomic E-state index is 0.107. The van der Waals surface area contributed by atoms with E-state index in [1.165, 1.54) is 12.1 Å². The van der Waals surface area contributed by atoms with Crippen molar-refractivity contribution in [3.05, 3.63) is 70.0 Å². The minimum atomic E-state index is -2.26. The Labute approximate surface area is 141 Å². The normalized spacial score (nSPS) is 12.1. The molecule has 2 aromatic carbocycles. The Morgan fingerprint density at radius 3 is 1.88 bits per heavy atom. The quantitative estimate of drug-likeness (QED) is 0.316. The maximum atomic E-state index is 13.5. The number of carbonyl (C=O) groups excluding carboxylic acids is 1. The number of carbonyl (C=O) groups is 1. The van der Waals surface area contributed by atoms with Crippen LogP contribution >= 0.6 is 0 Å². The summed E-state index contributed by atoms with van der Waals surface area (Å²) in [5.74, 6) is -11.1. The van der Waals surface area contributed by atoms with Gasteiger partial charge in [0.1, 0.15) is 6.61 Å². The summed E-state index contributed by atoms with van der Waals surface area (Å²) in [5.41, 5.74) is -0.0873. The van der Waals surface area contributed by atoms with E-state index < -0.39 is 47.2 Å². The maximum absolute atomic E-state index is 13.5. The Bertz CT molecular complexity index is 758. The summed E-state index contributed by atoms with van der Waals surface area (Å²) in [6.45, 7) is 2.95. The third-order valence-corrected chi connectivity index (χ3v) is 3.98.